The molecule has 0 fully saturated rings. The molecular formula is C32H40ClN4NaO12. The van der Waals surface area contributed by atoms with E-state index < -0.39 is 0 Å². The number of rotatable bonds is 10. The second kappa shape index (κ2) is 31.7. The van der Waals surface area contributed by atoms with E-state index in [4.69, 9.17) is 55.0 Å². The monoisotopic (exact) mass is 730 g/mol. The van der Waals surface area contributed by atoms with Crippen molar-refractivity contribution < 1.29 is 87.3 Å². The predicted octanol–water partition coefficient (Wildman–Crippen LogP) is 0.0665. The number of hydrogen-bond donors (Lipinski definition) is 1. The van der Waals surface area contributed by atoms with Crippen molar-refractivity contribution in [2.24, 2.45) is 0 Å². The number of carbonyl (C=O) groups excluding carboxylic acids is 3. The molecule has 0 aliphatic rings. The molecule has 16 nitrogen and oxygen atoms in total. The second-order valence-corrected chi connectivity index (χ2v) is 8.09. The Hall–Kier alpha value is -4.58. The Balaban J connectivity index is -0.000000566. The summed E-state index contributed by atoms with van der Waals surface area (Å²) in [5.41, 5.74) is 1.01. The van der Waals surface area contributed by atoms with Crippen LogP contribution in [0.3, 0.4) is 0 Å². The smallest absolute Gasteiger partial charge is 0.857 e. The Morgan fingerprint density at radius 2 is 0.980 bits per heavy atom. The molecule has 4 heterocycles. The molecule has 0 aliphatic heterocycles. The zero-order valence-corrected chi connectivity index (χ0v) is 32.3. The van der Waals surface area contributed by atoms with Crippen molar-refractivity contribution in [2.75, 3.05) is 64.0 Å². The topological polar surface area (TPSA) is 211 Å². The van der Waals surface area contributed by atoms with E-state index in [2.05, 4.69) is 19.9 Å². The van der Waals surface area contributed by atoms with Gasteiger partial charge in [0.05, 0.1) is 80.1 Å². The molecule has 1 N–H and O–H groups in total. The van der Waals surface area contributed by atoms with Gasteiger partial charge in [-0.25, -0.2) is 9.97 Å². The maximum Gasteiger partial charge on any atom is 1.00 e. The van der Waals surface area contributed by atoms with Crippen LogP contribution >= 0.6 is 11.6 Å². The molecule has 0 amide bonds. The molecular weight excluding hydrogens is 691 g/mol. The van der Waals surface area contributed by atoms with Gasteiger partial charge in [-0.1, -0.05) is 11.6 Å². The van der Waals surface area contributed by atoms with E-state index in [0.29, 0.717) is 64.5 Å². The van der Waals surface area contributed by atoms with E-state index in [0.717, 1.165) is 14.2 Å². The normalized spacial score (nSPS) is 8.48. The van der Waals surface area contributed by atoms with Gasteiger partial charge in [0.15, 0.2) is 30.4 Å². The van der Waals surface area contributed by atoms with Crippen LogP contribution in [0.15, 0.2) is 55.4 Å². The van der Waals surface area contributed by atoms with Gasteiger partial charge in [-0.3, -0.25) is 24.4 Å². The van der Waals surface area contributed by atoms with E-state index in [9.17, 15) is 14.4 Å². The number of pyridine rings is 4. The zero-order valence-electron chi connectivity index (χ0n) is 29.5. The Morgan fingerprint density at radius 3 is 1.34 bits per heavy atom. The van der Waals surface area contributed by atoms with Crippen molar-refractivity contribution in [3.63, 3.8) is 0 Å². The van der Waals surface area contributed by atoms with Crippen molar-refractivity contribution in [3.8, 4) is 40.4 Å². The number of hydrogen-bond acceptors (Lipinski definition) is 16. The second-order valence-electron chi connectivity index (χ2n) is 7.73. The summed E-state index contributed by atoms with van der Waals surface area (Å²) in [4.78, 5) is 46.8. The fourth-order valence-corrected chi connectivity index (χ4v) is 3.29. The van der Waals surface area contributed by atoms with Crippen LogP contribution in [0.4, 0.5) is 0 Å². The van der Waals surface area contributed by atoms with Gasteiger partial charge in [0.1, 0.15) is 39.3 Å². The molecule has 4 aromatic rings. The fraction of sp³-hybridized carbons (Fsp3) is 0.281. The van der Waals surface area contributed by atoms with Crippen LogP contribution < -0.4 is 67.8 Å². The van der Waals surface area contributed by atoms with Crippen LogP contribution in [0.5, 0.6) is 40.4 Å². The minimum Gasteiger partial charge on any atom is -0.857 e. The van der Waals surface area contributed by atoms with Crippen LogP contribution in [0.2, 0.25) is 5.15 Å². The number of ether oxygens (including phenoxy) is 7. The summed E-state index contributed by atoms with van der Waals surface area (Å²) >= 11 is 5.59. The number of nitrogens with zero attached hydrogens (tertiary/aromatic N) is 4. The summed E-state index contributed by atoms with van der Waals surface area (Å²) in [6, 6.07) is 4.95. The van der Waals surface area contributed by atoms with Gasteiger partial charge in [-0.2, -0.15) is 7.11 Å². The summed E-state index contributed by atoms with van der Waals surface area (Å²) in [6.07, 6.45) is 11.1. The maximum atomic E-state index is 10.6. The Bertz CT molecular complexity index is 1400. The average molecular weight is 731 g/mol. The molecule has 0 aliphatic carbocycles. The van der Waals surface area contributed by atoms with Crippen LogP contribution in [0.25, 0.3) is 0 Å². The third kappa shape index (κ3) is 17.2. The number of aliphatic hydroxyl groups is 1. The summed E-state index contributed by atoms with van der Waals surface area (Å²) < 4.78 is 34.3. The molecule has 0 unspecified atom stereocenters. The minimum atomic E-state index is 0. The van der Waals surface area contributed by atoms with Crippen LogP contribution in [-0.2, 0) is 0 Å². The molecule has 0 aromatic carbocycles. The molecule has 18 heteroatoms. The summed E-state index contributed by atoms with van der Waals surface area (Å²) in [6.45, 7) is 0. The molecule has 0 bridgehead atoms. The van der Waals surface area contributed by atoms with E-state index in [1.807, 2.05) is 0 Å². The maximum absolute atomic E-state index is 10.6. The van der Waals surface area contributed by atoms with Crippen molar-refractivity contribution in [1.29, 1.82) is 0 Å². The Morgan fingerprint density at radius 1 is 0.580 bits per heavy atom. The first-order chi connectivity index (χ1) is 23.8. The third-order valence-electron chi connectivity index (χ3n) is 5.32. The van der Waals surface area contributed by atoms with Crippen molar-refractivity contribution >= 4 is 30.5 Å². The molecule has 0 radical (unpaired) electrons. The average Bonchev–Trinajstić information content (AvgIpc) is 3.18. The first-order valence-electron chi connectivity index (χ1n) is 13.4. The van der Waals surface area contributed by atoms with Gasteiger partial charge in [0.25, 0.3) is 0 Å². The first kappa shape index (κ1) is 49.8. The van der Waals surface area contributed by atoms with Crippen LogP contribution in [0, 0.1) is 0 Å². The minimum absolute atomic E-state index is 0. The third-order valence-corrected chi connectivity index (χ3v) is 5.62. The zero-order chi connectivity index (χ0) is 37.6. The number of halogens is 1. The quantitative estimate of drug-likeness (QED) is 0.130. The molecule has 0 saturated carbocycles. The summed E-state index contributed by atoms with van der Waals surface area (Å²) in [7, 11) is 12.3. The molecule has 4 aromatic heterocycles. The molecule has 0 spiro atoms. The van der Waals surface area contributed by atoms with Gasteiger partial charge in [-0.15, -0.1) is 0 Å². The molecule has 0 atom stereocenters. The van der Waals surface area contributed by atoms with Gasteiger partial charge in [0.2, 0.25) is 5.88 Å². The van der Waals surface area contributed by atoms with Crippen molar-refractivity contribution in [2.45, 2.75) is 0 Å². The Kier molecular flexibility index (Phi) is 31.5. The van der Waals surface area contributed by atoms with Crippen LogP contribution in [0.1, 0.15) is 31.1 Å². The Labute approximate surface area is 317 Å². The molecule has 0 saturated heterocycles. The van der Waals surface area contributed by atoms with Crippen LogP contribution in [-0.4, -0.2) is 108 Å². The van der Waals surface area contributed by atoms with E-state index in [-0.39, 0.29) is 46.2 Å². The largest absolute Gasteiger partial charge is 1.00 e. The van der Waals surface area contributed by atoms with Gasteiger partial charge < -0.3 is 43.4 Å². The van der Waals surface area contributed by atoms with E-state index >= 15 is 0 Å². The van der Waals surface area contributed by atoms with E-state index in [1.54, 1.807) is 44.8 Å². The molecule has 268 valence electrons. The summed E-state index contributed by atoms with van der Waals surface area (Å²) in [5.74, 6) is 3.45. The van der Waals surface area contributed by atoms with Gasteiger partial charge in [-0.05, 0) is 12.1 Å². The van der Waals surface area contributed by atoms with Gasteiger partial charge >= 0.3 is 29.6 Å². The van der Waals surface area contributed by atoms with E-state index in [1.165, 1.54) is 60.3 Å². The summed E-state index contributed by atoms with van der Waals surface area (Å²) in [5, 5.41) is 15.4. The molecule has 4 rings (SSSR count). The number of aldehydes is 3. The first-order valence-corrected chi connectivity index (χ1v) is 13.8. The molecule has 50 heavy (non-hydrogen) atoms. The van der Waals surface area contributed by atoms with Gasteiger partial charge in [0, 0.05) is 25.6 Å². The number of carbonyl (C=O) groups is 3. The fourth-order valence-electron chi connectivity index (χ4n) is 3.10. The number of aromatic nitrogens is 4. The standard InChI is InChI=1S/2C8H9NO3.C7H6ClNO2.C7H9NO2.CH4O.CH3O.Na/c1-11-7-3-9-4-8(12-2)6(7)5-10;1-11-7-3-4-9-8(12-2)6(7)5-10;1-11-6-2-3-9-7(8)5(6)4-10;1-9-6-3-7(10-2)5-8-4-6;2*1-2;/h2*3-5H,1-2H3;2-4H,1H3;3-5H,1-2H3;2H,1H3;1H3;/q;;;;;-1;+1. The van der Waals surface area contributed by atoms with Crippen molar-refractivity contribution in [3.05, 3.63) is 77.2 Å². The number of aliphatic hydroxyl groups excluding tert-OH is 1. The number of methoxy groups -OCH3 is 7. The SMILES string of the molecule is CO.COc1ccnc(Cl)c1C=O.COc1ccnc(OC)c1C=O.COc1cncc(OC)c1.COc1cncc(OC)c1C=O.C[O-].[Na+]. The van der Waals surface area contributed by atoms with Crippen molar-refractivity contribution in [1.82, 2.24) is 19.9 Å². The predicted molar refractivity (Wildman–Crippen MR) is 178 cm³/mol.